The van der Waals surface area contributed by atoms with E-state index in [1.807, 2.05) is 12.1 Å². The van der Waals surface area contributed by atoms with Gasteiger partial charge in [-0.05, 0) is 18.6 Å². The van der Waals surface area contributed by atoms with Gasteiger partial charge in [-0.15, -0.1) is 0 Å². The SMILES string of the molecule is COc1cc(-c2nc(N)nc3c2CCN3)cc(OC)c1OC. The first kappa shape index (κ1) is 14.2. The Hall–Kier alpha value is -2.70. The van der Waals surface area contributed by atoms with Crippen molar-refractivity contribution >= 4 is 11.8 Å². The van der Waals surface area contributed by atoms with Gasteiger partial charge in [-0.3, -0.25) is 0 Å². The summed E-state index contributed by atoms with van der Waals surface area (Å²) in [7, 11) is 4.74. The predicted octanol–water partition coefficient (Wildman–Crippen LogP) is 1.72. The number of benzene rings is 1. The fraction of sp³-hybridized carbons (Fsp3) is 0.333. The molecule has 3 rings (SSSR count). The summed E-state index contributed by atoms with van der Waals surface area (Å²) < 4.78 is 16.1. The lowest BCUT2D eigenvalue weighted by Gasteiger charge is -2.15. The molecule has 0 amide bonds. The smallest absolute Gasteiger partial charge is 0.222 e. The van der Waals surface area contributed by atoms with E-state index in [1.54, 1.807) is 21.3 Å². The van der Waals surface area contributed by atoms with Crippen molar-refractivity contribution in [1.82, 2.24) is 9.97 Å². The van der Waals surface area contributed by atoms with E-state index >= 15 is 0 Å². The summed E-state index contributed by atoms with van der Waals surface area (Å²) in [6.45, 7) is 0.824. The zero-order valence-corrected chi connectivity index (χ0v) is 12.8. The average Bonchev–Trinajstić information content (AvgIpc) is 3.00. The van der Waals surface area contributed by atoms with Crippen LogP contribution in [0.2, 0.25) is 0 Å². The predicted molar refractivity (Wildman–Crippen MR) is 83.7 cm³/mol. The van der Waals surface area contributed by atoms with Crippen LogP contribution in [0.15, 0.2) is 12.1 Å². The van der Waals surface area contributed by atoms with Crippen LogP contribution in [0.5, 0.6) is 17.2 Å². The summed E-state index contributed by atoms with van der Waals surface area (Å²) in [5.74, 6) is 2.72. The maximum Gasteiger partial charge on any atom is 0.222 e. The van der Waals surface area contributed by atoms with E-state index in [0.717, 1.165) is 35.6 Å². The van der Waals surface area contributed by atoms with Gasteiger partial charge in [-0.25, -0.2) is 4.98 Å². The first-order valence-electron chi connectivity index (χ1n) is 6.88. The van der Waals surface area contributed by atoms with E-state index in [9.17, 15) is 0 Å². The highest BCUT2D eigenvalue weighted by Gasteiger charge is 2.22. The highest BCUT2D eigenvalue weighted by molar-refractivity contribution is 5.75. The van der Waals surface area contributed by atoms with Gasteiger partial charge in [0.15, 0.2) is 11.5 Å². The molecule has 1 aromatic carbocycles. The number of methoxy groups -OCH3 is 3. The van der Waals surface area contributed by atoms with Crippen LogP contribution < -0.4 is 25.3 Å². The summed E-state index contributed by atoms with van der Waals surface area (Å²) in [6.07, 6.45) is 0.849. The Morgan fingerprint density at radius 1 is 1.05 bits per heavy atom. The van der Waals surface area contributed by atoms with E-state index in [4.69, 9.17) is 19.9 Å². The molecule has 0 unspecified atom stereocenters. The first-order valence-corrected chi connectivity index (χ1v) is 6.88. The van der Waals surface area contributed by atoms with E-state index in [2.05, 4.69) is 15.3 Å². The lowest BCUT2D eigenvalue weighted by atomic mass is 10.0. The monoisotopic (exact) mass is 302 g/mol. The number of ether oxygens (including phenoxy) is 3. The topological polar surface area (TPSA) is 91.5 Å². The Morgan fingerprint density at radius 3 is 2.32 bits per heavy atom. The molecule has 3 N–H and O–H groups in total. The van der Waals surface area contributed by atoms with Gasteiger partial charge in [0, 0.05) is 17.7 Å². The van der Waals surface area contributed by atoms with Gasteiger partial charge < -0.3 is 25.3 Å². The summed E-state index contributed by atoms with van der Waals surface area (Å²) in [6, 6.07) is 3.73. The second-order valence-electron chi connectivity index (χ2n) is 4.85. The quantitative estimate of drug-likeness (QED) is 0.888. The van der Waals surface area contributed by atoms with Crippen molar-refractivity contribution in [2.24, 2.45) is 0 Å². The number of hydrogen-bond acceptors (Lipinski definition) is 7. The molecule has 0 fully saturated rings. The van der Waals surface area contributed by atoms with E-state index in [-0.39, 0.29) is 5.95 Å². The molecule has 0 aliphatic carbocycles. The number of rotatable bonds is 4. The van der Waals surface area contributed by atoms with Crippen LogP contribution >= 0.6 is 0 Å². The Bertz CT molecular complexity index is 693. The van der Waals surface area contributed by atoms with Crippen molar-refractivity contribution in [2.75, 3.05) is 38.9 Å². The summed E-state index contributed by atoms with van der Waals surface area (Å²) in [4.78, 5) is 8.62. The maximum atomic E-state index is 5.82. The Kier molecular flexibility index (Phi) is 3.62. The van der Waals surface area contributed by atoms with Gasteiger partial charge in [-0.2, -0.15) is 4.98 Å². The fourth-order valence-corrected chi connectivity index (χ4v) is 2.65. The molecule has 0 spiro atoms. The number of nitrogens with two attached hydrogens (primary N) is 1. The Balaban J connectivity index is 2.21. The lowest BCUT2D eigenvalue weighted by Crippen LogP contribution is -2.02. The molecule has 22 heavy (non-hydrogen) atoms. The first-order chi connectivity index (χ1) is 10.7. The van der Waals surface area contributed by atoms with E-state index in [1.165, 1.54) is 0 Å². The molecule has 1 aliphatic heterocycles. The molecule has 7 heteroatoms. The number of fused-ring (bicyclic) bond motifs is 1. The summed E-state index contributed by atoms with van der Waals surface area (Å²) in [5.41, 5.74) is 8.50. The minimum atomic E-state index is 0.233. The maximum absolute atomic E-state index is 5.82. The molecule has 0 saturated carbocycles. The number of anilines is 2. The molecule has 1 aliphatic rings. The zero-order valence-electron chi connectivity index (χ0n) is 12.8. The van der Waals surface area contributed by atoms with Crippen molar-refractivity contribution in [1.29, 1.82) is 0 Å². The van der Waals surface area contributed by atoms with E-state index < -0.39 is 0 Å². The number of nitrogens with zero attached hydrogens (tertiary/aromatic N) is 2. The van der Waals surface area contributed by atoms with Gasteiger partial charge in [0.2, 0.25) is 11.7 Å². The third kappa shape index (κ3) is 2.24. The minimum absolute atomic E-state index is 0.233. The van der Waals surface area contributed by atoms with Crippen LogP contribution in [-0.2, 0) is 6.42 Å². The molecule has 1 aromatic heterocycles. The number of hydrogen-bond donors (Lipinski definition) is 2. The molecule has 116 valence electrons. The average molecular weight is 302 g/mol. The van der Waals surface area contributed by atoms with Crippen LogP contribution in [0.1, 0.15) is 5.56 Å². The molecule has 0 atom stereocenters. The molecule has 0 bridgehead atoms. The van der Waals surface area contributed by atoms with Crippen molar-refractivity contribution in [2.45, 2.75) is 6.42 Å². The van der Waals surface area contributed by atoms with E-state index in [0.29, 0.717) is 17.2 Å². The van der Waals surface area contributed by atoms with Gasteiger partial charge in [0.25, 0.3) is 0 Å². The van der Waals surface area contributed by atoms with Crippen LogP contribution in [0.3, 0.4) is 0 Å². The highest BCUT2D eigenvalue weighted by Crippen LogP contribution is 2.42. The largest absolute Gasteiger partial charge is 0.493 e. The van der Waals surface area contributed by atoms with Crippen LogP contribution in [-0.4, -0.2) is 37.8 Å². The number of nitrogens with one attached hydrogen (secondary N) is 1. The second kappa shape index (κ2) is 5.59. The fourth-order valence-electron chi connectivity index (χ4n) is 2.65. The molecule has 2 heterocycles. The van der Waals surface area contributed by atoms with Crippen molar-refractivity contribution in [3.05, 3.63) is 17.7 Å². The van der Waals surface area contributed by atoms with Gasteiger partial charge >= 0.3 is 0 Å². The summed E-state index contributed by atoms with van der Waals surface area (Å²) in [5, 5.41) is 3.21. The van der Waals surface area contributed by atoms with Gasteiger partial charge in [0.05, 0.1) is 27.0 Å². The molecule has 2 aromatic rings. The molecule has 0 radical (unpaired) electrons. The zero-order chi connectivity index (χ0) is 15.7. The highest BCUT2D eigenvalue weighted by atomic mass is 16.5. The summed E-state index contributed by atoms with van der Waals surface area (Å²) >= 11 is 0. The van der Waals surface area contributed by atoms with Crippen molar-refractivity contribution < 1.29 is 14.2 Å². The second-order valence-corrected chi connectivity index (χ2v) is 4.85. The number of aromatic nitrogens is 2. The minimum Gasteiger partial charge on any atom is -0.493 e. The van der Waals surface area contributed by atoms with Crippen molar-refractivity contribution in [3.63, 3.8) is 0 Å². The molecular weight excluding hydrogens is 284 g/mol. The Labute approximate surface area is 128 Å². The molecule has 0 saturated heterocycles. The Morgan fingerprint density at radius 2 is 1.73 bits per heavy atom. The van der Waals surface area contributed by atoms with Crippen molar-refractivity contribution in [3.8, 4) is 28.5 Å². The third-order valence-electron chi connectivity index (χ3n) is 3.63. The third-order valence-corrected chi connectivity index (χ3v) is 3.63. The van der Waals surface area contributed by atoms with Gasteiger partial charge in [0.1, 0.15) is 5.82 Å². The van der Waals surface area contributed by atoms with Crippen LogP contribution in [0, 0.1) is 0 Å². The lowest BCUT2D eigenvalue weighted by molar-refractivity contribution is 0.324. The van der Waals surface area contributed by atoms with Crippen LogP contribution in [0.25, 0.3) is 11.3 Å². The normalized spacial score (nSPS) is 12.5. The standard InChI is InChI=1S/C15H18N4O3/c1-20-10-6-8(7-11(21-2)13(10)22-3)12-9-4-5-17-14(9)19-15(16)18-12/h6-7H,4-5H2,1-3H3,(H3,16,17,18,19). The van der Waals surface area contributed by atoms with Gasteiger partial charge in [-0.1, -0.05) is 0 Å². The van der Waals surface area contributed by atoms with Crippen LogP contribution in [0.4, 0.5) is 11.8 Å². The molecule has 7 nitrogen and oxygen atoms in total. The molecular formula is C15H18N4O3. The number of nitrogen functional groups attached to an aromatic ring is 1.